The van der Waals surface area contributed by atoms with Gasteiger partial charge in [0.1, 0.15) is 48.3 Å². The van der Waals surface area contributed by atoms with E-state index >= 15 is 0 Å². The predicted molar refractivity (Wildman–Crippen MR) is 267 cm³/mol. The van der Waals surface area contributed by atoms with Crippen molar-refractivity contribution in [1.29, 1.82) is 0 Å². The number of likely N-dealkylation sites (tertiary alicyclic amines) is 2. The van der Waals surface area contributed by atoms with E-state index in [1.54, 1.807) is 13.8 Å². The maximum atomic E-state index is 14.4. The Morgan fingerprint density at radius 2 is 1.03 bits per heavy atom. The molecule has 0 aliphatic carbocycles. The maximum absolute atomic E-state index is 14.4. The Labute approximate surface area is 448 Å². The first kappa shape index (κ1) is 66.6. The quantitative estimate of drug-likeness (QED) is 0.0264. The molecule has 2 saturated heterocycles. The van der Waals surface area contributed by atoms with Crippen molar-refractivity contribution in [1.82, 2.24) is 47.0 Å². The van der Waals surface area contributed by atoms with Gasteiger partial charge < -0.3 is 89.1 Å². The van der Waals surface area contributed by atoms with Gasteiger partial charge in [0, 0.05) is 32.4 Å². The largest absolute Gasteiger partial charge is 0.481 e. The minimum atomic E-state index is -1.85. The predicted octanol–water partition coefficient (Wildman–Crippen LogP) is -4.97. The fourth-order valence-corrected chi connectivity index (χ4v) is 8.56. The van der Waals surface area contributed by atoms with E-state index in [2.05, 4.69) is 31.9 Å². The summed E-state index contributed by atoms with van der Waals surface area (Å²) in [4.78, 5) is 181. The number of carboxylic acids is 5. The Balaban J connectivity index is 2.31. The van der Waals surface area contributed by atoms with Gasteiger partial charge in [-0.15, -0.1) is 0 Å². The van der Waals surface area contributed by atoms with Crippen LogP contribution in [0.5, 0.6) is 0 Å². The summed E-state index contributed by atoms with van der Waals surface area (Å²) >= 11 is 0. The van der Waals surface area contributed by atoms with E-state index in [0.29, 0.717) is 12.8 Å². The molecule has 2 rings (SSSR count). The SMILES string of the molecule is CC(C)C[C@H](NC(=O)[C@H](CCC(=O)O)NC(=O)[C@@H](N)CCC(=O)O)C(=O)N[C@@H](CCCCN)C(=O)N1CCC[C@H]1C(=O)N[C@H](C(=O)N1CCC[C@H]1C(=O)N[C@@H](CCC(=O)O)C(=O)NCC(=O)N[C@@H](CC(=O)O)C(=O)O)[C@@H](C)O. The van der Waals surface area contributed by atoms with Gasteiger partial charge in [-0.25, -0.2) is 4.79 Å². The number of rotatable bonds is 35. The van der Waals surface area contributed by atoms with Crippen molar-refractivity contribution in [3.8, 4) is 0 Å². The van der Waals surface area contributed by atoms with Crippen LogP contribution < -0.4 is 48.7 Å². The third-order valence-electron chi connectivity index (χ3n) is 12.6. The molecule has 0 radical (unpaired) electrons. The molecule has 0 aromatic carbocycles. The molecule has 2 aliphatic heterocycles. The molecule has 2 heterocycles. The zero-order chi connectivity index (χ0) is 59.0. The Hall–Kier alpha value is -7.54. The number of carbonyl (C=O) groups is 14. The van der Waals surface area contributed by atoms with Crippen LogP contribution in [0.15, 0.2) is 0 Å². The highest BCUT2D eigenvalue weighted by molar-refractivity contribution is 5.99. The molecule has 438 valence electrons. The molecule has 2 aliphatic rings. The van der Waals surface area contributed by atoms with Crippen molar-refractivity contribution < 1.29 is 97.8 Å². The van der Waals surface area contributed by atoms with Crippen LogP contribution in [0.1, 0.15) is 117 Å². The summed E-state index contributed by atoms with van der Waals surface area (Å²) in [7, 11) is 0. The van der Waals surface area contributed by atoms with Gasteiger partial charge >= 0.3 is 29.8 Å². The average Bonchev–Trinajstić information content (AvgIpc) is 4.07. The van der Waals surface area contributed by atoms with Gasteiger partial charge in [0.25, 0.3) is 0 Å². The van der Waals surface area contributed by atoms with Gasteiger partial charge in [0.2, 0.25) is 53.2 Å². The average molecular weight is 1110 g/mol. The van der Waals surface area contributed by atoms with Crippen molar-refractivity contribution in [3.05, 3.63) is 0 Å². The van der Waals surface area contributed by atoms with Gasteiger partial charge in [0.05, 0.1) is 25.1 Å². The van der Waals surface area contributed by atoms with Crippen LogP contribution in [-0.4, -0.2) is 210 Å². The number of nitrogens with one attached hydrogen (secondary N) is 7. The summed E-state index contributed by atoms with van der Waals surface area (Å²) in [6.45, 7) is 3.87. The number of hydrogen-bond donors (Lipinski definition) is 15. The van der Waals surface area contributed by atoms with Crippen LogP contribution >= 0.6 is 0 Å². The molecule has 0 bridgehead atoms. The lowest BCUT2D eigenvalue weighted by atomic mass is 10.0. The van der Waals surface area contributed by atoms with E-state index in [0.717, 1.165) is 4.90 Å². The van der Waals surface area contributed by atoms with E-state index in [-0.39, 0.29) is 70.5 Å². The number of amides is 9. The third kappa shape index (κ3) is 22.6. The van der Waals surface area contributed by atoms with Crippen LogP contribution in [-0.2, 0) is 67.1 Å². The monoisotopic (exact) mass is 1110 g/mol. The first-order chi connectivity index (χ1) is 36.6. The van der Waals surface area contributed by atoms with E-state index in [4.69, 9.17) is 21.7 Å². The molecule has 10 atom stereocenters. The topological polar surface area (TPSA) is 503 Å². The number of hydrogen-bond acceptors (Lipinski definition) is 17. The molecule has 0 saturated carbocycles. The van der Waals surface area contributed by atoms with Crippen LogP contribution in [0.2, 0.25) is 0 Å². The second kappa shape index (κ2) is 32.9. The summed E-state index contributed by atoms with van der Waals surface area (Å²) in [5, 5.41) is 73.1. The lowest BCUT2D eigenvalue weighted by Crippen LogP contribution is -2.61. The smallest absolute Gasteiger partial charge is 0.326 e. The number of carbonyl (C=O) groups excluding carboxylic acids is 9. The standard InChI is InChI=1S/C47H75N11O20/c1-23(2)20-29(55-41(71)27(13-16-36(65)66)52-39(69)25(49)11-14-34(61)62)42(72)54-28(8-4-5-17-48)45(75)57-18-6-10-32(57)44(74)56-38(24(3)59)46(76)58-19-7-9-31(58)43(73)53-26(12-15-35(63)64)40(70)50-22-33(60)51-30(47(77)78)21-37(67)68/h23-32,38,59H,4-22,48-49H2,1-3H3,(H,50,70)(H,51,60)(H,52,69)(H,53,73)(H,54,72)(H,55,71)(H,56,74)(H,61,62)(H,63,64)(H,65,66)(H,67,68)(H,77,78)/t24-,25+,26+,27+,28+,29+,30+,31+,32+,38+/m1/s1. The van der Waals surface area contributed by atoms with Crippen molar-refractivity contribution in [2.24, 2.45) is 17.4 Å². The molecule has 9 amide bonds. The molecule has 0 spiro atoms. The first-order valence-corrected chi connectivity index (χ1v) is 25.5. The lowest BCUT2D eigenvalue weighted by molar-refractivity contribution is -0.147. The second-order valence-corrected chi connectivity index (χ2v) is 19.4. The minimum absolute atomic E-state index is 0.00241. The fraction of sp³-hybridized carbons (Fsp3) is 0.702. The lowest BCUT2D eigenvalue weighted by Gasteiger charge is -2.33. The summed E-state index contributed by atoms with van der Waals surface area (Å²) in [6.07, 6.45) is -4.31. The van der Waals surface area contributed by atoms with E-state index in [9.17, 15) is 87.5 Å². The Bertz CT molecular complexity index is 2200. The normalized spacial score (nSPS) is 18.1. The summed E-state index contributed by atoms with van der Waals surface area (Å²) in [6, 6.07) is -13.4. The van der Waals surface area contributed by atoms with E-state index in [1.807, 2.05) is 5.32 Å². The molecular weight excluding hydrogens is 1040 g/mol. The van der Waals surface area contributed by atoms with Gasteiger partial charge in [0.15, 0.2) is 0 Å². The van der Waals surface area contributed by atoms with Crippen LogP contribution in [0.3, 0.4) is 0 Å². The summed E-state index contributed by atoms with van der Waals surface area (Å²) < 4.78 is 0. The van der Waals surface area contributed by atoms with Gasteiger partial charge in [-0.05, 0) is 90.0 Å². The fourth-order valence-electron chi connectivity index (χ4n) is 8.56. The highest BCUT2D eigenvalue weighted by atomic mass is 16.4. The van der Waals surface area contributed by atoms with Crippen LogP contribution in [0.25, 0.3) is 0 Å². The highest BCUT2D eigenvalue weighted by Crippen LogP contribution is 2.23. The summed E-state index contributed by atoms with van der Waals surface area (Å²) in [5.74, 6) is -15.9. The molecule has 31 nitrogen and oxygen atoms in total. The molecular formula is C47H75N11O20. The molecule has 2 fully saturated rings. The van der Waals surface area contributed by atoms with Crippen molar-refractivity contribution in [2.45, 2.75) is 178 Å². The van der Waals surface area contributed by atoms with Gasteiger partial charge in [-0.3, -0.25) is 62.3 Å². The number of nitrogens with two attached hydrogens (primary N) is 2. The number of unbranched alkanes of at least 4 members (excludes halogenated alkanes) is 1. The Morgan fingerprint density at radius 3 is 1.53 bits per heavy atom. The number of nitrogens with zero attached hydrogens (tertiary/aromatic N) is 2. The maximum Gasteiger partial charge on any atom is 0.326 e. The summed E-state index contributed by atoms with van der Waals surface area (Å²) in [5.41, 5.74) is 11.5. The zero-order valence-corrected chi connectivity index (χ0v) is 43.7. The molecule has 0 unspecified atom stereocenters. The molecule has 78 heavy (non-hydrogen) atoms. The highest BCUT2D eigenvalue weighted by Gasteiger charge is 2.44. The second-order valence-electron chi connectivity index (χ2n) is 19.4. The Morgan fingerprint density at radius 1 is 0.538 bits per heavy atom. The molecule has 17 N–H and O–H groups in total. The zero-order valence-electron chi connectivity index (χ0n) is 43.7. The van der Waals surface area contributed by atoms with Gasteiger partial charge in [-0.2, -0.15) is 0 Å². The third-order valence-corrected chi connectivity index (χ3v) is 12.6. The number of aliphatic hydroxyl groups is 1. The van der Waals surface area contributed by atoms with Crippen LogP contribution in [0, 0.1) is 5.92 Å². The van der Waals surface area contributed by atoms with E-state index < -0.39 is 189 Å². The van der Waals surface area contributed by atoms with Crippen molar-refractivity contribution in [2.75, 3.05) is 26.2 Å². The molecule has 0 aromatic heterocycles. The van der Waals surface area contributed by atoms with Crippen LogP contribution in [0.4, 0.5) is 0 Å². The van der Waals surface area contributed by atoms with Crippen molar-refractivity contribution in [3.63, 3.8) is 0 Å². The molecule has 31 heteroatoms. The first-order valence-electron chi connectivity index (χ1n) is 25.5. The number of aliphatic hydroxyl groups excluding tert-OH is 1. The molecule has 0 aromatic rings. The minimum Gasteiger partial charge on any atom is -0.481 e. The van der Waals surface area contributed by atoms with Crippen molar-refractivity contribution >= 4 is 83.0 Å². The number of aliphatic carboxylic acids is 5. The number of carboxylic acid groups (broad SMARTS) is 5. The Kier molecular flexibility index (Phi) is 28.1. The van der Waals surface area contributed by atoms with Gasteiger partial charge in [-0.1, -0.05) is 13.8 Å². The van der Waals surface area contributed by atoms with E-state index in [1.165, 1.54) is 11.8 Å².